The van der Waals surface area contributed by atoms with Gasteiger partial charge in [0.2, 0.25) is 0 Å². The molecule has 2 aromatic carbocycles. The molecular formula is C16H14Cl2N2O2. The Morgan fingerprint density at radius 2 is 1.95 bits per heavy atom. The number of ether oxygens (including phenoxy) is 1. The molecule has 0 aliphatic heterocycles. The van der Waals surface area contributed by atoms with Gasteiger partial charge in [-0.2, -0.15) is 5.10 Å². The molecule has 0 aliphatic carbocycles. The zero-order valence-corrected chi connectivity index (χ0v) is 13.1. The van der Waals surface area contributed by atoms with Crippen molar-refractivity contribution in [1.29, 1.82) is 0 Å². The summed E-state index contributed by atoms with van der Waals surface area (Å²) in [5, 5.41) is 4.72. The van der Waals surface area contributed by atoms with Crippen molar-refractivity contribution in [1.82, 2.24) is 5.43 Å². The zero-order valence-electron chi connectivity index (χ0n) is 11.6. The normalized spacial score (nSPS) is 10.6. The minimum atomic E-state index is -0.365. The molecule has 2 rings (SSSR count). The number of hydrogen-bond donors (Lipinski definition) is 1. The first-order valence-electron chi connectivity index (χ1n) is 6.57. The van der Waals surface area contributed by atoms with Gasteiger partial charge >= 0.3 is 0 Å². The summed E-state index contributed by atoms with van der Waals surface area (Å²) in [4.78, 5) is 11.6. The molecule has 0 fully saturated rings. The highest BCUT2D eigenvalue weighted by Crippen LogP contribution is 2.27. The first-order valence-corrected chi connectivity index (χ1v) is 7.33. The molecule has 0 spiro atoms. The first kappa shape index (κ1) is 16.3. The van der Waals surface area contributed by atoms with Crippen molar-refractivity contribution in [3.8, 4) is 5.75 Å². The quantitative estimate of drug-likeness (QED) is 0.645. The topological polar surface area (TPSA) is 50.7 Å². The smallest absolute Gasteiger partial charge is 0.277 e. The number of benzene rings is 2. The molecule has 2 aromatic rings. The molecular weight excluding hydrogens is 323 g/mol. The van der Waals surface area contributed by atoms with E-state index in [1.165, 1.54) is 0 Å². The number of hydrazone groups is 1. The summed E-state index contributed by atoms with van der Waals surface area (Å²) in [6, 6.07) is 14.6. The number of amides is 1. The monoisotopic (exact) mass is 336 g/mol. The van der Waals surface area contributed by atoms with Crippen LogP contribution in [0.1, 0.15) is 5.56 Å². The lowest BCUT2D eigenvalue weighted by atomic mass is 10.2. The molecule has 0 aliphatic rings. The van der Waals surface area contributed by atoms with Gasteiger partial charge in [0.15, 0.2) is 6.61 Å². The number of nitrogens with one attached hydrogen (secondary N) is 1. The Labute approximate surface area is 138 Å². The van der Waals surface area contributed by atoms with E-state index in [1.54, 1.807) is 24.4 Å². The highest BCUT2D eigenvalue weighted by molar-refractivity contribution is 6.35. The van der Waals surface area contributed by atoms with Gasteiger partial charge in [0.1, 0.15) is 5.75 Å². The second-order valence-electron chi connectivity index (χ2n) is 4.40. The number of carbonyl (C=O) groups excluding carboxylic acids is 1. The predicted octanol–water partition coefficient (Wildman–Crippen LogP) is 3.72. The van der Waals surface area contributed by atoms with Crippen LogP contribution in [0.4, 0.5) is 0 Å². The third kappa shape index (κ3) is 5.39. The van der Waals surface area contributed by atoms with E-state index in [9.17, 15) is 4.79 Å². The van der Waals surface area contributed by atoms with Crippen LogP contribution in [0.2, 0.25) is 10.0 Å². The van der Waals surface area contributed by atoms with E-state index in [-0.39, 0.29) is 12.5 Å². The lowest BCUT2D eigenvalue weighted by molar-refractivity contribution is -0.123. The van der Waals surface area contributed by atoms with Gasteiger partial charge in [0.25, 0.3) is 5.91 Å². The highest BCUT2D eigenvalue weighted by atomic mass is 35.5. The van der Waals surface area contributed by atoms with Crippen LogP contribution in [0, 0.1) is 0 Å². The second kappa shape index (κ2) is 8.41. The predicted molar refractivity (Wildman–Crippen MR) is 88.7 cm³/mol. The third-order valence-corrected chi connectivity index (χ3v) is 3.23. The van der Waals surface area contributed by atoms with Crippen LogP contribution < -0.4 is 10.2 Å². The van der Waals surface area contributed by atoms with E-state index in [1.807, 2.05) is 30.3 Å². The second-order valence-corrected chi connectivity index (χ2v) is 5.24. The van der Waals surface area contributed by atoms with Crippen LogP contribution >= 0.6 is 23.2 Å². The average Bonchev–Trinajstić information content (AvgIpc) is 2.52. The van der Waals surface area contributed by atoms with E-state index in [0.717, 1.165) is 5.56 Å². The SMILES string of the molecule is O=C(COc1ccc(Cl)cc1Cl)NN=CCc1ccccc1. The fourth-order valence-electron chi connectivity index (χ4n) is 1.65. The number of nitrogens with zero attached hydrogens (tertiary/aromatic N) is 1. The van der Waals surface area contributed by atoms with Gasteiger partial charge in [-0.05, 0) is 23.8 Å². The van der Waals surface area contributed by atoms with Crippen molar-refractivity contribution in [3.63, 3.8) is 0 Å². The first-order chi connectivity index (χ1) is 10.6. The molecule has 0 bridgehead atoms. The summed E-state index contributed by atoms with van der Waals surface area (Å²) >= 11 is 11.7. The largest absolute Gasteiger partial charge is 0.482 e. The molecule has 1 amide bonds. The molecule has 4 nitrogen and oxygen atoms in total. The van der Waals surface area contributed by atoms with Crippen molar-refractivity contribution in [2.45, 2.75) is 6.42 Å². The molecule has 6 heteroatoms. The van der Waals surface area contributed by atoms with Crippen LogP contribution in [-0.2, 0) is 11.2 Å². The fourth-order valence-corrected chi connectivity index (χ4v) is 2.11. The third-order valence-electron chi connectivity index (χ3n) is 2.70. The maximum absolute atomic E-state index is 11.6. The summed E-state index contributed by atoms with van der Waals surface area (Å²) in [6.45, 7) is -0.177. The summed E-state index contributed by atoms with van der Waals surface area (Å²) in [5.74, 6) is 0.0322. The molecule has 0 aromatic heterocycles. The van der Waals surface area contributed by atoms with E-state index in [2.05, 4.69) is 10.5 Å². The summed E-state index contributed by atoms with van der Waals surface area (Å²) in [6.07, 6.45) is 2.27. The molecule has 0 radical (unpaired) electrons. The fraction of sp³-hybridized carbons (Fsp3) is 0.125. The van der Waals surface area contributed by atoms with E-state index < -0.39 is 0 Å². The Morgan fingerprint density at radius 3 is 2.68 bits per heavy atom. The number of carbonyl (C=O) groups is 1. The van der Waals surface area contributed by atoms with Gasteiger partial charge in [0.05, 0.1) is 5.02 Å². The minimum absolute atomic E-state index is 0.177. The maximum atomic E-state index is 11.6. The van der Waals surface area contributed by atoms with E-state index >= 15 is 0 Å². The van der Waals surface area contributed by atoms with Gasteiger partial charge < -0.3 is 4.74 Å². The highest BCUT2D eigenvalue weighted by Gasteiger charge is 2.05. The Hall–Kier alpha value is -2.04. The zero-order chi connectivity index (χ0) is 15.8. The van der Waals surface area contributed by atoms with Crippen molar-refractivity contribution in [3.05, 3.63) is 64.1 Å². The molecule has 0 heterocycles. The average molecular weight is 337 g/mol. The lowest BCUT2D eigenvalue weighted by Crippen LogP contribution is -2.24. The standard InChI is InChI=1S/C16H14Cl2N2O2/c17-13-6-7-15(14(18)10-13)22-11-16(21)20-19-9-8-12-4-2-1-3-5-12/h1-7,9-10H,8,11H2,(H,20,21). The Bertz CT molecular complexity index is 660. The van der Waals surface area contributed by atoms with Crippen LogP contribution in [0.15, 0.2) is 53.6 Å². The maximum Gasteiger partial charge on any atom is 0.277 e. The summed E-state index contributed by atoms with van der Waals surface area (Å²) < 4.78 is 5.29. The molecule has 0 unspecified atom stereocenters. The van der Waals surface area contributed by atoms with Gasteiger partial charge in [-0.15, -0.1) is 0 Å². The van der Waals surface area contributed by atoms with Crippen molar-refractivity contribution < 1.29 is 9.53 Å². The van der Waals surface area contributed by atoms with Gasteiger partial charge in [-0.1, -0.05) is 53.5 Å². The molecule has 0 saturated heterocycles. The van der Waals surface area contributed by atoms with Crippen LogP contribution in [-0.4, -0.2) is 18.7 Å². The lowest BCUT2D eigenvalue weighted by Gasteiger charge is -2.06. The molecule has 0 saturated carbocycles. The summed E-state index contributed by atoms with van der Waals surface area (Å²) in [5.41, 5.74) is 3.51. The Morgan fingerprint density at radius 1 is 1.18 bits per heavy atom. The van der Waals surface area contributed by atoms with Crippen LogP contribution in [0.3, 0.4) is 0 Å². The summed E-state index contributed by atoms with van der Waals surface area (Å²) in [7, 11) is 0. The Kier molecular flexibility index (Phi) is 6.25. The Balaban J connectivity index is 1.74. The molecule has 1 N–H and O–H groups in total. The number of hydrogen-bond acceptors (Lipinski definition) is 3. The van der Waals surface area contributed by atoms with Gasteiger partial charge in [0, 0.05) is 17.7 Å². The van der Waals surface area contributed by atoms with Gasteiger partial charge in [-0.3, -0.25) is 4.79 Å². The number of halogens is 2. The van der Waals surface area contributed by atoms with E-state index in [0.29, 0.717) is 22.2 Å². The molecule has 22 heavy (non-hydrogen) atoms. The van der Waals surface area contributed by atoms with Gasteiger partial charge in [-0.25, -0.2) is 5.43 Å². The molecule has 0 atom stereocenters. The molecule has 114 valence electrons. The van der Waals surface area contributed by atoms with Crippen molar-refractivity contribution in [2.75, 3.05) is 6.61 Å². The minimum Gasteiger partial charge on any atom is -0.482 e. The van der Waals surface area contributed by atoms with E-state index in [4.69, 9.17) is 27.9 Å². The van der Waals surface area contributed by atoms with Crippen LogP contribution in [0.5, 0.6) is 5.75 Å². The van der Waals surface area contributed by atoms with Crippen molar-refractivity contribution in [2.24, 2.45) is 5.10 Å². The van der Waals surface area contributed by atoms with Crippen LogP contribution in [0.25, 0.3) is 0 Å². The number of rotatable bonds is 6. The van der Waals surface area contributed by atoms with Crippen molar-refractivity contribution >= 4 is 35.3 Å².